The van der Waals surface area contributed by atoms with E-state index in [1.165, 1.54) is 6.07 Å². The number of nitrogens with one attached hydrogen (secondary N) is 3. The van der Waals surface area contributed by atoms with Gasteiger partial charge in [0.1, 0.15) is 30.7 Å². The maximum atomic E-state index is 13.7. The van der Waals surface area contributed by atoms with Crippen molar-refractivity contribution >= 4 is 35.6 Å². The van der Waals surface area contributed by atoms with Crippen LogP contribution in [0.1, 0.15) is 62.0 Å². The number of carbonyl (C=O) groups excluding carboxylic acids is 4. The van der Waals surface area contributed by atoms with Gasteiger partial charge in [-0.25, -0.2) is 0 Å². The molecule has 0 fully saturated rings. The van der Waals surface area contributed by atoms with Gasteiger partial charge in [0.05, 0.1) is 11.6 Å². The number of rotatable bonds is 16. The van der Waals surface area contributed by atoms with Gasteiger partial charge in [-0.05, 0) is 54.0 Å². The van der Waals surface area contributed by atoms with Gasteiger partial charge in [-0.3, -0.25) is 14.4 Å². The van der Waals surface area contributed by atoms with Crippen LogP contribution in [0.15, 0.2) is 78.9 Å². The minimum atomic E-state index is -0.970. The van der Waals surface area contributed by atoms with E-state index in [0.29, 0.717) is 29.9 Å². The summed E-state index contributed by atoms with van der Waals surface area (Å²) in [4.78, 5) is 52.4. The van der Waals surface area contributed by atoms with E-state index >= 15 is 0 Å². The summed E-state index contributed by atoms with van der Waals surface area (Å²) < 4.78 is 5.96. The Morgan fingerprint density at radius 2 is 1.34 bits per heavy atom. The molecular formula is C35H42ClN3O5. The monoisotopic (exact) mass is 619 g/mol. The van der Waals surface area contributed by atoms with Crippen LogP contribution in [0.5, 0.6) is 5.75 Å². The zero-order chi connectivity index (χ0) is 32.1. The topological polar surface area (TPSA) is 114 Å². The summed E-state index contributed by atoms with van der Waals surface area (Å²) in [5.41, 5.74) is 1.96. The first-order chi connectivity index (χ1) is 21.0. The van der Waals surface area contributed by atoms with Crippen molar-refractivity contribution < 1.29 is 23.9 Å². The zero-order valence-electron chi connectivity index (χ0n) is 25.7. The number of benzene rings is 3. The minimum absolute atomic E-state index is 0.0473. The highest BCUT2D eigenvalue weighted by atomic mass is 35.5. The number of amides is 3. The van der Waals surface area contributed by atoms with Crippen molar-refractivity contribution in [1.82, 2.24) is 16.0 Å². The number of halogens is 1. The molecule has 0 aliphatic rings. The van der Waals surface area contributed by atoms with E-state index in [1.807, 2.05) is 88.4 Å². The van der Waals surface area contributed by atoms with Crippen molar-refractivity contribution in [3.8, 4) is 5.75 Å². The van der Waals surface area contributed by atoms with Gasteiger partial charge in [-0.2, -0.15) is 0 Å². The van der Waals surface area contributed by atoms with Gasteiger partial charge in [-0.1, -0.05) is 100.0 Å². The largest absolute Gasteiger partial charge is 0.488 e. The molecule has 3 aromatic carbocycles. The van der Waals surface area contributed by atoms with Crippen LogP contribution in [0.4, 0.5) is 0 Å². The second kappa shape index (κ2) is 17.2. The number of carbonyl (C=O) groups is 4. The first kappa shape index (κ1) is 34.3. The van der Waals surface area contributed by atoms with E-state index in [2.05, 4.69) is 16.0 Å². The molecule has 3 atom stereocenters. The van der Waals surface area contributed by atoms with Crippen molar-refractivity contribution in [3.05, 3.63) is 101 Å². The van der Waals surface area contributed by atoms with Crippen LogP contribution in [0.25, 0.3) is 0 Å². The van der Waals surface area contributed by atoms with Crippen LogP contribution in [-0.2, 0) is 27.4 Å². The molecule has 0 aliphatic heterocycles. The fourth-order valence-electron chi connectivity index (χ4n) is 4.75. The number of ether oxygens (including phenoxy) is 1. The average Bonchev–Trinajstić information content (AvgIpc) is 2.99. The van der Waals surface area contributed by atoms with Crippen molar-refractivity contribution in [3.63, 3.8) is 0 Å². The predicted octanol–water partition coefficient (Wildman–Crippen LogP) is 5.52. The summed E-state index contributed by atoms with van der Waals surface area (Å²) in [5, 5.41) is 8.80. The fourth-order valence-corrected chi connectivity index (χ4v) is 4.92. The van der Waals surface area contributed by atoms with E-state index in [4.69, 9.17) is 16.3 Å². The molecule has 0 aliphatic carbocycles. The Hall–Kier alpha value is -4.17. The molecule has 0 heterocycles. The van der Waals surface area contributed by atoms with Crippen LogP contribution in [0.3, 0.4) is 0 Å². The van der Waals surface area contributed by atoms with Crippen molar-refractivity contribution in [2.75, 3.05) is 0 Å². The molecular weight excluding hydrogens is 578 g/mol. The van der Waals surface area contributed by atoms with Crippen LogP contribution >= 0.6 is 11.6 Å². The van der Waals surface area contributed by atoms with Crippen LogP contribution in [0.2, 0.25) is 5.02 Å². The quantitative estimate of drug-likeness (QED) is 0.183. The maximum Gasteiger partial charge on any atom is 0.255 e. The lowest BCUT2D eigenvalue weighted by molar-refractivity contribution is -0.131. The van der Waals surface area contributed by atoms with Crippen LogP contribution in [-0.4, -0.2) is 42.1 Å². The molecule has 0 aromatic heterocycles. The molecule has 234 valence electrons. The molecule has 0 saturated heterocycles. The lowest BCUT2D eigenvalue weighted by Crippen LogP contribution is -2.56. The minimum Gasteiger partial charge on any atom is -0.488 e. The van der Waals surface area contributed by atoms with Gasteiger partial charge in [0.2, 0.25) is 11.8 Å². The predicted molar refractivity (Wildman–Crippen MR) is 172 cm³/mol. The highest BCUT2D eigenvalue weighted by Gasteiger charge is 2.30. The molecule has 3 aromatic rings. The Bertz CT molecular complexity index is 1380. The molecule has 0 radical (unpaired) electrons. The summed E-state index contributed by atoms with van der Waals surface area (Å²) in [7, 11) is 0. The lowest BCUT2D eigenvalue weighted by atomic mass is 10.00. The highest BCUT2D eigenvalue weighted by Crippen LogP contribution is 2.24. The van der Waals surface area contributed by atoms with Crippen molar-refractivity contribution in [2.45, 2.75) is 71.7 Å². The number of hydrogen-bond acceptors (Lipinski definition) is 5. The SMILES string of the molecule is CC(C)CC(C=O)NC(=O)[C@H](Cc1ccccc1)NC(=O)[C@H](CC(C)C)NC(=O)c1cc(Cl)ccc1OCc1ccccc1. The summed E-state index contributed by atoms with van der Waals surface area (Å²) in [6.45, 7) is 8.05. The third-order valence-corrected chi connectivity index (χ3v) is 7.12. The summed E-state index contributed by atoms with van der Waals surface area (Å²) >= 11 is 6.24. The number of aldehydes is 1. The molecule has 3 amide bonds. The van der Waals surface area contributed by atoms with E-state index in [0.717, 1.165) is 11.1 Å². The number of hydrogen-bond donors (Lipinski definition) is 3. The Balaban J connectivity index is 1.81. The third kappa shape index (κ3) is 11.2. The summed E-state index contributed by atoms with van der Waals surface area (Å²) in [6, 6.07) is 21.0. The second-order valence-electron chi connectivity index (χ2n) is 11.7. The van der Waals surface area contributed by atoms with Gasteiger partial charge in [0, 0.05) is 11.4 Å². The van der Waals surface area contributed by atoms with Gasteiger partial charge < -0.3 is 25.5 Å². The molecule has 3 N–H and O–H groups in total. The Labute approximate surface area is 264 Å². The smallest absolute Gasteiger partial charge is 0.255 e. The van der Waals surface area contributed by atoms with Gasteiger partial charge in [-0.15, -0.1) is 0 Å². The normalized spacial score (nSPS) is 13.1. The standard InChI is InChI=1S/C35H42ClN3O5/c1-23(2)17-28(21-40)37-34(42)31(19-25-11-7-5-8-12-25)39-35(43)30(18-24(3)4)38-33(41)29-20-27(36)15-16-32(29)44-22-26-13-9-6-10-14-26/h5-16,20-21,23-24,28,30-31H,17-19,22H2,1-4H3,(H,37,42)(H,38,41)(H,39,43)/t28?,30-,31-/m0/s1. The highest BCUT2D eigenvalue weighted by molar-refractivity contribution is 6.31. The summed E-state index contributed by atoms with van der Waals surface area (Å²) in [5.74, 6) is -0.953. The fraction of sp³-hybridized carbons (Fsp3) is 0.371. The van der Waals surface area contributed by atoms with Gasteiger partial charge in [0.25, 0.3) is 5.91 Å². The molecule has 3 rings (SSSR count). The first-order valence-corrected chi connectivity index (χ1v) is 15.3. The molecule has 0 spiro atoms. The first-order valence-electron chi connectivity index (χ1n) is 14.9. The van der Waals surface area contributed by atoms with E-state index < -0.39 is 35.8 Å². The average molecular weight is 620 g/mol. The Morgan fingerprint density at radius 1 is 0.750 bits per heavy atom. The van der Waals surface area contributed by atoms with E-state index in [9.17, 15) is 19.2 Å². The molecule has 8 nitrogen and oxygen atoms in total. The molecule has 0 bridgehead atoms. The second-order valence-corrected chi connectivity index (χ2v) is 12.1. The Morgan fingerprint density at radius 3 is 1.93 bits per heavy atom. The van der Waals surface area contributed by atoms with E-state index in [1.54, 1.807) is 12.1 Å². The zero-order valence-corrected chi connectivity index (χ0v) is 26.5. The van der Waals surface area contributed by atoms with Crippen molar-refractivity contribution in [1.29, 1.82) is 0 Å². The molecule has 44 heavy (non-hydrogen) atoms. The van der Waals surface area contributed by atoms with Gasteiger partial charge in [0.15, 0.2) is 0 Å². The summed E-state index contributed by atoms with van der Waals surface area (Å²) in [6.07, 6.45) is 1.72. The molecule has 0 saturated carbocycles. The molecule has 9 heteroatoms. The van der Waals surface area contributed by atoms with Crippen LogP contribution in [0, 0.1) is 11.8 Å². The lowest BCUT2D eigenvalue weighted by Gasteiger charge is -2.26. The molecule has 1 unspecified atom stereocenters. The van der Waals surface area contributed by atoms with Gasteiger partial charge >= 0.3 is 0 Å². The third-order valence-electron chi connectivity index (χ3n) is 6.89. The Kier molecular flexibility index (Phi) is 13.4. The van der Waals surface area contributed by atoms with E-state index in [-0.39, 0.29) is 30.4 Å². The van der Waals surface area contributed by atoms with Crippen molar-refractivity contribution in [2.24, 2.45) is 11.8 Å². The maximum absolute atomic E-state index is 13.7. The van der Waals surface area contributed by atoms with Crippen LogP contribution < -0.4 is 20.7 Å².